The number of para-hydroxylation sites is 1. The Morgan fingerprint density at radius 1 is 0.980 bits per heavy atom. The number of hydrogen-bond donors (Lipinski definition) is 3. The van der Waals surface area contributed by atoms with Gasteiger partial charge in [0, 0.05) is 43.4 Å². The van der Waals surface area contributed by atoms with Gasteiger partial charge in [0.15, 0.2) is 0 Å². The molecule has 1 aromatic heterocycles. The van der Waals surface area contributed by atoms with Crippen LogP contribution in [0.2, 0.25) is 0 Å². The third kappa shape index (κ3) is 8.25. The molecule has 264 valence electrons. The molecule has 51 heavy (non-hydrogen) atoms. The second-order valence-corrected chi connectivity index (χ2v) is 13.8. The van der Waals surface area contributed by atoms with Crippen molar-refractivity contribution < 1.29 is 32.3 Å². The zero-order valence-corrected chi connectivity index (χ0v) is 28.9. The van der Waals surface area contributed by atoms with Crippen molar-refractivity contribution in [2.45, 2.75) is 37.2 Å². The summed E-state index contributed by atoms with van der Waals surface area (Å²) in [6.07, 6.45) is 2.33. The van der Waals surface area contributed by atoms with Crippen molar-refractivity contribution in [3.05, 3.63) is 132 Å². The predicted octanol–water partition coefficient (Wildman–Crippen LogP) is 5.12. The monoisotopic (exact) mass is 710 g/mol. The van der Waals surface area contributed by atoms with Crippen LogP contribution in [0.1, 0.15) is 23.1 Å². The van der Waals surface area contributed by atoms with Crippen molar-refractivity contribution in [3.8, 4) is 17.0 Å². The number of benzene rings is 4. The van der Waals surface area contributed by atoms with Crippen molar-refractivity contribution in [1.82, 2.24) is 19.5 Å². The van der Waals surface area contributed by atoms with E-state index in [4.69, 9.17) is 0 Å². The van der Waals surface area contributed by atoms with E-state index in [1.165, 1.54) is 47.4 Å². The van der Waals surface area contributed by atoms with E-state index in [9.17, 15) is 27.9 Å². The molecule has 10 nitrogen and oxygen atoms in total. The van der Waals surface area contributed by atoms with E-state index in [1.807, 2.05) is 0 Å². The first-order chi connectivity index (χ1) is 24.6. The lowest BCUT2D eigenvalue weighted by Gasteiger charge is -2.28. The number of aromatic hydroxyl groups is 1. The van der Waals surface area contributed by atoms with Crippen LogP contribution in [0.25, 0.3) is 22.2 Å². The van der Waals surface area contributed by atoms with E-state index in [0.717, 1.165) is 3.97 Å². The Morgan fingerprint density at radius 2 is 1.69 bits per heavy atom. The molecule has 0 saturated carbocycles. The molecule has 0 radical (unpaired) electrons. The van der Waals surface area contributed by atoms with Crippen LogP contribution in [0.4, 0.5) is 4.39 Å². The Kier molecular flexibility index (Phi) is 11.8. The molecule has 12 heteroatoms. The Labute approximate surface area is 296 Å². The normalized spacial score (nSPS) is 12.0. The number of rotatable bonds is 16. The molecule has 5 aromatic rings. The second kappa shape index (κ2) is 16.4. The number of nitrogens with zero attached hydrogens (tertiary/aromatic N) is 2. The van der Waals surface area contributed by atoms with Crippen molar-refractivity contribution in [2.75, 3.05) is 19.6 Å². The maximum atomic E-state index is 15.5. The van der Waals surface area contributed by atoms with Crippen LogP contribution in [0, 0.1) is 12.7 Å². The maximum Gasteiger partial charge on any atom is 0.268 e. The lowest BCUT2D eigenvalue weighted by Crippen LogP contribution is -2.51. The Balaban J connectivity index is 1.65. The van der Waals surface area contributed by atoms with Gasteiger partial charge in [0.25, 0.3) is 10.0 Å². The summed E-state index contributed by atoms with van der Waals surface area (Å²) >= 11 is 0. The van der Waals surface area contributed by atoms with E-state index < -0.39 is 33.7 Å². The van der Waals surface area contributed by atoms with E-state index in [2.05, 4.69) is 17.2 Å². The highest BCUT2D eigenvalue weighted by Crippen LogP contribution is 2.39. The molecule has 3 N–H and O–H groups in total. The minimum atomic E-state index is -4.32. The van der Waals surface area contributed by atoms with Crippen LogP contribution in [-0.4, -0.2) is 66.2 Å². The molecule has 0 unspecified atom stereocenters. The first-order valence-electron chi connectivity index (χ1n) is 16.4. The highest BCUT2D eigenvalue weighted by molar-refractivity contribution is 7.90. The maximum absolute atomic E-state index is 15.5. The number of carbonyl (C=O) groups excluding carboxylic acids is 3. The third-order valence-corrected chi connectivity index (χ3v) is 10.2. The second-order valence-electron chi connectivity index (χ2n) is 12.0. The number of carbonyl (C=O) groups is 3. The van der Waals surface area contributed by atoms with Gasteiger partial charge in [-0.05, 0) is 60.0 Å². The highest BCUT2D eigenvalue weighted by atomic mass is 32.2. The quantitative estimate of drug-likeness (QED) is 0.0735. The largest absolute Gasteiger partial charge is 0.508 e. The van der Waals surface area contributed by atoms with Crippen LogP contribution in [0.15, 0.2) is 115 Å². The van der Waals surface area contributed by atoms with Crippen LogP contribution in [0.5, 0.6) is 5.75 Å². The SMILES string of the molecule is C=CCNCC(=O)N[C@@H](Cc1ccc(O)cc1)C(=O)N(CCC=O)Cc1cccc2c(C)c(-c3ccccc3F)n(S(=O)(=O)c3ccccc3)c12. The fraction of sp³-hybridized carbons (Fsp3) is 0.205. The van der Waals surface area contributed by atoms with Crippen molar-refractivity contribution in [3.63, 3.8) is 0 Å². The average molecular weight is 711 g/mol. The van der Waals surface area contributed by atoms with Gasteiger partial charge in [-0.2, -0.15) is 0 Å². The van der Waals surface area contributed by atoms with Crippen molar-refractivity contribution >= 4 is 39.0 Å². The fourth-order valence-corrected chi connectivity index (χ4v) is 7.70. The summed E-state index contributed by atoms with van der Waals surface area (Å²) in [5.41, 5.74) is 2.11. The molecular weight excluding hydrogens is 672 g/mol. The number of aldehydes is 1. The summed E-state index contributed by atoms with van der Waals surface area (Å²) in [4.78, 5) is 40.4. The van der Waals surface area contributed by atoms with Crippen LogP contribution >= 0.6 is 0 Å². The summed E-state index contributed by atoms with van der Waals surface area (Å²) < 4.78 is 45.6. The molecule has 5 rings (SSSR count). The minimum Gasteiger partial charge on any atom is -0.508 e. The molecule has 0 spiro atoms. The van der Waals surface area contributed by atoms with Gasteiger partial charge in [0.05, 0.1) is 22.7 Å². The summed E-state index contributed by atoms with van der Waals surface area (Å²) in [6.45, 7) is 5.49. The number of aryl methyl sites for hydroxylation is 1. The molecule has 0 aliphatic carbocycles. The van der Waals surface area contributed by atoms with Gasteiger partial charge in [-0.15, -0.1) is 6.58 Å². The molecule has 0 aliphatic rings. The Bertz CT molecular complexity index is 2150. The molecule has 0 saturated heterocycles. The summed E-state index contributed by atoms with van der Waals surface area (Å²) in [7, 11) is -4.32. The topological polar surface area (TPSA) is 138 Å². The molecule has 0 fully saturated rings. The molecule has 4 aromatic carbocycles. The predicted molar refractivity (Wildman–Crippen MR) is 194 cm³/mol. The Hall–Kier alpha value is -5.59. The van der Waals surface area contributed by atoms with Gasteiger partial charge in [-0.1, -0.05) is 66.7 Å². The number of nitrogens with one attached hydrogen (secondary N) is 2. The summed E-state index contributed by atoms with van der Waals surface area (Å²) in [5.74, 6) is -1.51. The third-order valence-electron chi connectivity index (χ3n) is 8.47. The number of phenols is 1. The van der Waals surface area contributed by atoms with Gasteiger partial charge >= 0.3 is 0 Å². The van der Waals surface area contributed by atoms with E-state index in [-0.39, 0.29) is 59.9 Å². The summed E-state index contributed by atoms with van der Waals surface area (Å²) in [6, 6.07) is 24.1. The van der Waals surface area contributed by atoms with Crippen molar-refractivity contribution in [1.29, 1.82) is 0 Å². The number of phenolic OH excluding ortho intramolecular Hbond substituents is 1. The van der Waals surface area contributed by atoms with Gasteiger partial charge < -0.3 is 25.4 Å². The van der Waals surface area contributed by atoms with Crippen LogP contribution in [-0.2, 0) is 37.4 Å². The smallest absolute Gasteiger partial charge is 0.268 e. The highest BCUT2D eigenvalue weighted by Gasteiger charge is 2.31. The molecular formula is C39H39FN4O6S. The van der Waals surface area contributed by atoms with Gasteiger partial charge in [-0.25, -0.2) is 16.8 Å². The first kappa shape index (κ1) is 36.7. The van der Waals surface area contributed by atoms with Crippen LogP contribution in [0.3, 0.4) is 0 Å². The molecule has 0 bridgehead atoms. The van der Waals surface area contributed by atoms with Crippen molar-refractivity contribution in [2.24, 2.45) is 0 Å². The minimum absolute atomic E-state index is 0.00934. The lowest BCUT2D eigenvalue weighted by molar-refractivity contribution is -0.137. The molecule has 2 amide bonds. The molecule has 1 atom stereocenters. The van der Waals surface area contributed by atoms with E-state index in [0.29, 0.717) is 34.9 Å². The number of amides is 2. The molecule has 1 heterocycles. The lowest BCUT2D eigenvalue weighted by atomic mass is 10.0. The number of hydrogen-bond acceptors (Lipinski definition) is 7. The zero-order chi connectivity index (χ0) is 36.5. The first-order valence-corrected chi connectivity index (χ1v) is 17.8. The van der Waals surface area contributed by atoms with Crippen LogP contribution < -0.4 is 10.6 Å². The van der Waals surface area contributed by atoms with E-state index >= 15 is 4.39 Å². The average Bonchev–Trinajstić information content (AvgIpc) is 3.44. The summed E-state index contributed by atoms with van der Waals surface area (Å²) in [5, 5.41) is 16.0. The molecule has 0 aliphatic heterocycles. The van der Waals surface area contributed by atoms with E-state index in [1.54, 1.807) is 67.6 Å². The van der Waals surface area contributed by atoms with Gasteiger partial charge in [0.2, 0.25) is 11.8 Å². The van der Waals surface area contributed by atoms with Gasteiger partial charge in [0.1, 0.15) is 23.9 Å². The number of fused-ring (bicyclic) bond motifs is 1. The zero-order valence-electron chi connectivity index (χ0n) is 28.1. The van der Waals surface area contributed by atoms with Gasteiger partial charge in [-0.3, -0.25) is 9.59 Å². The number of halogens is 1. The fourth-order valence-electron chi connectivity index (χ4n) is 6.06. The standard InChI is InChI=1S/C39H39FN4O6S/c1-3-21-41-25-36(47)42-35(24-28-17-19-30(46)20-18-28)39(48)43(22-10-23-45)26-29-11-9-15-32-27(2)37(33-14-7-8-16-34(33)40)44(38(29)32)51(49,50)31-12-5-4-6-13-31/h3-9,11-20,23,35,41,46H,1,10,21-22,24-26H2,2H3,(H,42,47)/t35-/m0/s1. The number of aromatic nitrogens is 1. The Morgan fingerprint density at radius 3 is 2.37 bits per heavy atom.